The van der Waals surface area contributed by atoms with Crippen LogP contribution < -0.4 is 5.32 Å². The number of benzene rings is 1. The fourth-order valence-corrected chi connectivity index (χ4v) is 3.40. The number of hydrogen-bond acceptors (Lipinski definition) is 4. The number of sulfone groups is 1. The number of carbonyl (C=O) groups is 1. The molecule has 0 unspecified atom stereocenters. The van der Waals surface area contributed by atoms with Crippen LogP contribution in [0, 0.1) is 0 Å². The molecule has 0 saturated carbocycles. The van der Waals surface area contributed by atoms with Gasteiger partial charge < -0.3 is 15.1 Å². The van der Waals surface area contributed by atoms with Gasteiger partial charge in [0, 0.05) is 51.0 Å². The third-order valence-corrected chi connectivity index (χ3v) is 7.45. The average Bonchev–Trinajstić information content (AvgIpc) is 2.61. The number of hydrogen-bond donors (Lipinski definition) is 1. The zero-order chi connectivity index (χ0) is 20.9. The van der Waals surface area contributed by atoms with Gasteiger partial charge in [-0.25, -0.2) is 8.42 Å². The zero-order valence-electron chi connectivity index (χ0n) is 16.9. The summed E-state index contributed by atoms with van der Waals surface area (Å²) in [7, 11) is -1.52. The summed E-state index contributed by atoms with van der Waals surface area (Å²) in [6, 6.07) is 7.34. The fraction of sp³-hybridized carbons (Fsp3) is 0.579. The number of amides is 1. The van der Waals surface area contributed by atoms with E-state index >= 15 is 0 Å². The van der Waals surface area contributed by atoms with E-state index in [0.29, 0.717) is 43.6 Å². The first-order valence-electron chi connectivity index (χ1n) is 9.21. The van der Waals surface area contributed by atoms with Crippen LogP contribution in [0.3, 0.4) is 0 Å². The second-order valence-corrected chi connectivity index (χ2v) is 10.7. The van der Waals surface area contributed by atoms with Crippen molar-refractivity contribution in [1.82, 2.24) is 15.1 Å². The minimum absolute atomic E-state index is 0.0723. The minimum Gasteiger partial charge on any atom is -0.355 e. The number of nitrogens with zero attached hydrogens (tertiary/aromatic N) is 3. The highest BCUT2D eigenvalue weighted by Gasteiger charge is 2.31. The van der Waals surface area contributed by atoms with Crippen molar-refractivity contribution in [1.29, 1.82) is 0 Å². The molecule has 1 N–H and O–H groups in total. The molecule has 0 radical (unpaired) electrons. The van der Waals surface area contributed by atoms with Gasteiger partial charge >= 0.3 is 0 Å². The zero-order valence-corrected chi connectivity index (χ0v) is 18.5. The van der Waals surface area contributed by atoms with Crippen LogP contribution >= 0.6 is 11.6 Å². The number of nitrogens with one attached hydrogen (secondary N) is 1. The highest BCUT2D eigenvalue weighted by Crippen LogP contribution is 2.15. The molecule has 1 aliphatic heterocycles. The summed E-state index contributed by atoms with van der Waals surface area (Å²) in [5.74, 6) is 0.724. The van der Waals surface area contributed by atoms with Crippen molar-refractivity contribution < 1.29 is 13.2 Å². The largest absolute Gasteiger partial charge is 0.355 e. The van der Waals surface area contributed by atoms with Crippen molar-refractivity contribution in [3.05, 3.63) is 34.9 Å². The maximum atomic E-state index is 12.5. The van der Waals surface area contributed by atoms with E-state index in [1.807, 2.05) is 28.0 Å². The Morgan fingerprint density at radius 2 is 1.82 bits per heavy atom. The molecule has 1 fully saturated rings. The van der Waals surface area contributed by atoms with Crippen LogP contribution in [0.15, 0.2) is 29.3 Å². The maximum Gasteiger partial charge on any atom is 0.227 e. The van der Waals surface area contributed by atoms with Gasteiger partial charge in [-0.15, -0.1) is 0 Å². The molecule has 156 valence electrons. The molecule has 7 nitrogen and oxygen atoms in total. The monoisotopic (exact) mass is 428 g/mol. The first-order chi connectivity index (χ1) is 13.0. The molecule has 1 aromatic carbocycles. The lowest BCUT2D eigenvalue weighted by Gasteiger charge is -2.37. The maximum absolute atomic E-state index is 12.5. The van der Waals surface area contributed by atoms with Gasteiger partial charge in [-0.3, -0.25) is 9.79 Å². The molecule has 9 heteroatoms. The first kappa shape index (κ1) is 22.5. The van der Waals surface area contributed by atoms with Crippen molar-refractivity contribution in [2.45, 2.75) is 25.0 Å². The smallest absolute Gasteiger partial charge is 0.227 e. The topological polar surface area (TPSA) is 82.1 Å². The average molecular weight is 429 g/mol. The Labute approximate surface area is 172 Å². The number of piperazine rings is 1. The van der Waals surface area contributed by atoms with E-state index in [-0.39, 0.29) is 12.5 Å². The Hall–Kier alpha value is -1.80. The van der Waals surface area contributed by atoms with Gasteiger partial charge in [0.15, 0.2) is 15.8 Å². The molecule has 1 aromatic rings. The van der Waals surface area contributed by atoms with Crippen LogP contribution in [0.5, 0.6) is 0 Å². The van der Waals surface area contributed by atoms with Crippen molar-refractivity contribution in [3.8, 4) is 0 Å². The number of carbonyl (C=O) groups excluding carboxylic acids is 1. The van der Waals surface area contributed by atoms with Crippen molar-refractivity contribution in [2.24, 2.45) is 4.99 Å². The number of aliphatic imine (C=N–C) groups is 1. The lowest BCUT2D eigenvalue weighted by Crippen LogP contribution is -2.56. The summed E-state index contributed by atoms with van der Waals surface area (Å²) < 4.78 is 22.9. The molecule has 0 spiro atoms. The number of guanidine groups is 1. The normalized spacial score (nSPS) is 16.2. The summed E-state index contributed by atoms with van der Waals surface area (Å²) in [6.07, 6.45) is 1.57. The molecule has 2 rings (SSSR count). The van der Waals surface area contributed by atoms with Gasteiger partial charge in [-0.05, 0) is 31.5 Å². The van der Waals surface area contributed by atoms with E-state index in [2.05, 4.69) is 10.3 Å². The van der Waals surface area contributed by atoms with Crippen LogP contribution in [0.25, 0.3) is 0 Å². The predicted octanol–water partition coefficient (Wildman–Crippen LogP) is 1.43. The van der Waals surface area contributed by atoms with Gasteiger partial charge in [0.2, 0.25) is 5.91 Å². The van der Waals surface area contributed by atoms with Crippen LogP contribution in [0.2, 0.25) is 5.02 Å². The quantitative estimate of drug-likeness (QED) is 0.566. The van der Waals surface area contributed by atoms with Crippen molar-refractivity contribution >= 4 is 33.3 Å². The highest BCUT2D eigenvalue weighted by molar-refractivity contribution is 7.92. The summed E-state index contributed by atoms with van der Waals surface area (Å²) in [6.45, 7) is 6.11. The van der Waals surface area contributed by atoms with Crippen LogP contribution in [-0.2, 0) is 21.1 Å². The second-order valence-electron chi connectivity index (χ2n) is 7.61. The number of rotatable bonds is 5. The van der Waals surface area contributed by atoms with E-state index in [9.17, 15) is 13.2 Å². The predicted molar refractivity (Wildman–Crippen MR) is 114 cm³/mol. The summed E-state index contributed by atoms with van der Waals surface area (Å²) in [4.78, 5) is 20.7. The summed E-state index contributed by atoms with van der Waals surface area (Å²) in [5, 5.41) is 3.78. The molecular formula is C19H29ClN4O3S. The Balaban J connectivity index is 1.88. The van der Waals surface area contributed by atoms with Crippen LogP contribution in [0.1, 0.15) is 19.4 Å². The Kier molecular flexibility index (Phi) is 7.33. The van der Waals surface area contributed by atoms with Gasteiger partial charge in [-0.2, -0.15) is 0 Å². The molecule has 0 bridgehead atoms. The molecule has 0 aliphatic carbocycles. The lowest BCUT2D eigenvalue weighted by molar-refractivity contribution is -0.131. The van der Waals surface area contributed by atoms with Gasteiger partial charge in [0.05, 0.1) is 11.2 Å². The summed E-state index contributed by atoms with van der Waals surface area (Å²) >= 11 is 5.98. The Morgan fingerprint density at radius 1 is 1.21 bits per heavy atom. The van der Waals surface area contributed by atoms with Crippen LogP contribution in [0.4, 0.5) is 0 Å². The minimum atomic E-state index is -3.19. The second kappa shape index (κ2) is 9.13. The third kappa shape index (κ3) is 5.85. The van der Waals surface area contributed by atoms with Crippen molar-refractivity contribution in [3.63, 3.8) is 0 Å². The van der Waals surface area contributed by atoms with Gasteiger partial charge in [0.25, 0.3) is 0 Å². The van der Waals surface area contributed by atoms with E-state index in [1.165, 1.54) is 6.26 Å². The fourth-order valence-electron chi connectivity index (χ4n) is 2.86. The molecule has 0 aromatic heterocycles. The standard InChI is InChI=1S/C19H29ClN4O3S/c1-19(2,28(4,26)27)14-22-18(21-3)24-10-8-23(9-11-24)17(25)13-15-6-5-7-16(20)12-15/h5-7,12H,8-11,13-14H2,1-4H3,(H,21,22). The van der Waals surface area contributed by atoms with E-state index in [4.69, 9.17) is 11.6 Å². The van der Waals surface area contributed by atoms with Gasteiger partial charge in [-0.1, -0.05) is 23.7 Å². The Morgan fingerprint density at radius 3 is 2.36 bits per heavy atom. The third-order valence-electron chi connectivity index (χ3n) is 5.06. The SMILES string of the molecule is CN=C(NCC(C)(C)S(C)(=O)=O)N1CCN(C(=O)Cc2cccc(Cl)c2)CC1. The van der Waals surface area contributed by atoms with Crippen molar-refractivity contribution in [2.75, 3.05) is 46.0 Å². The highest BCUT2D eigenvalue weighted by atomic mass is 35.5. The summed E-state index contributed by atoms with van der Waals surface area (Å²) in [5.41, 5.74) is 0.903. The molecular weight excluding hydrogens is 400 g/mol. The van der Waals surface area contributed by atoms with E-state index in [1.54, 1.807) is 27.0 Å². The van der Waals surface area contributed by atoms with E-state index in [0.717, 1.165) is 5.56 Å². The number of halogens is 1. The molecule has 1 amide bonds. The molecule has 28 heavy (non-hydrogen) atoms. The molecule has 1 aliphatic rings. The first-order valence-corrected chi connectivity index (χ1v) is 11.5. The molecule has 1 saturated heterocycles. The lowest BCUT2D eigenvalue weighted by atomic mass is 10.1. The Bertz CT molecular complexity index is 831. The van der Waals surface area contributed by atoms with E-state index < -0.39 is 14.6 Å². The van der Waals surface area contributed by atoms with Crippen LogP contribution in [-0.4, -0.2) is 80.9 Å². The molecule has 1 heterocycles. The molecule has 0 atom stereocenters. The van der Waals surface area contributed by atoms with Gasteiger partial charge in [0.1, 0.15) is 0 Å².